The van der Waals surface area contributed by atoms with Gasteiger partial charge in [0.25, 0.3) is 0 Å². The van der Waals surface area contributed by atoms with Gasteiger partial charge in [-0.3, -0.25) is 4.90 Å². The fraction of sp³-hybridized carbons (Fsp3) is 0.280. The van der Waals surface area contributed by atoms with E-state index in [4.69, 9.17) is 15.2 Å². The number of fused-ring (bicyclic) bond motifs is 1. The third-order valence-corrected chi connectivity index (χ3v) is 6.44. The highest BCUT2D eigenvalue weighted by molar-refractivity contribution is 5.93. The molecule has 1 unspecified atom stereocenters. The van der Waals surface area contributed by atoms with Gasteiger partial charge in [-0.2, -0.15) is 18.3 Å². The lowest BCUT2D eigenvalue weighted by Crippen LogP contribution is -2.37. The van der Waals surface area contributed by atoms with Crippen molar-refractivity contribution in [3.05, 3.63) is 65.9 Å². The van der Waals surface area contributed by atoms with Gasteiger partial charge in [0.2, 0.25) is 0 Å². The van der Waals surface area contributed by atoms with Crippen LogP contribution in [0.15, 0.2) is 48.8 Å². The van der Waals surface area contributed by atoms with Crippen LogP contribution in [-0.4, -0.2) is 53.4 Å². The highest BCUT2D eigenvalue weighted by Crippen LogP contribution is 2.45. The predicted molar refractivity (Wildman–Crippen MR) is 126 cm³/mol. The van der Waals surface area contributed by atoms with E-state index in [1.165, 1.54) is 6.33 Å². The number of alkyl halides is 3. The molecular formula is C25H23F4N5O2. The summed E-state index contributed by atoms with van der Waals surface area (Å²) in [7, 11) is 3.52. The number of likely N-dealkylation sites (N-methyl/N-ethyl adjacent to an activating group) is 1. The standard InChI is InChI=1S/C25H23F4N5O2/c1-33-9-10-36-12-19(33)21-23(35-2)20(22-24(30)31-13-32-34(21)22)15-5-3-14(4-6-15)17-11-16(25(27,28)29)7-8-18(17)26/h3-8,11,13,19H,9-10,12H2,1-2H3,(H2,30,31,32). The topological polar surface area (TPSA) is 77.9 Å². The molecule has 2 aromatic heterocycles. The van der Waals surface area contributed by atoms with E-state index in [1.54, 1.807) is 35.9 Å². The molecular weight excluding hydrogens is 478 g/mol. The number of aromatic nitrogens is 3. The second kappa shape index (κ2) is 9.07. The average Bonchev–Trinajstić information content (AvgIpc) is 3.19. The zero-order valence-corrected chi connectivity index (χ0v) is 19.5. The predicted octanol–water partition coefficient (Wildman–Crippen LogP) is 4.82. The first kappa shape index (κ1) is 24.0. The molecule has 0 radical (unpaired) electrons. The molecule has 0 bridgehead atoms. The van der Waals surface area contributed by atoms with E-state index in [9.17, 15) is 17.6 Å². The van der Waals surface area contributed by atoms with Gasteiger partial charge < -0.3 is 15.2 Å². The van der Waals surface area contributed by atoms with Gasteiger partial charge in [-0.05, 0) is 36.4 Å². The van der Waals surface area contributed by atoms with Gasteiger partial charge >= 0.3 is 6.18 Å². The number of morpholine rings is 1. The molecule has 4 aromatic rings. The normalized spacial score (nSPS) is 17.0. The molecule has 0 saturated carbocycles. The van der Waals surface area contributed by atoms with Crippen molar-refractivity contribution in [3.63, 3.8) is 0 Å². The maximum absolute atomic E-state index is 14.5. The average molecular weight is 501 g/mol. The van der Waals surface area contributed by atoms with E-state index in [2.05, 4.69) is 15.0 Å². The van der Waals surface area contributed by atoms with Gasteiger partial charge in [-0.1, -0.05) is 24.3 Å². The Morgan fingerprint density at radius 3 is 2.50 bits per heavy atom. The molecule has 1 fully saturated rings. The summed E-state index contributed by atoms with van der Waals surface area (Å²) in [6.45, 7) is 1.75. The quantitative estimate of drug-likeness (QED) is 0.404. The summed E-state index contributed by atoms with van der Waals surface area (Å²) in [4.78, 5) is 6.28. The van der Waals surface area contributed by atoms with Crippen LogP contribution in [0.5, 0.6) is 5.75 Å². The van der Waals surface area contributed by atoms with Crippen molar-refractivity contribution >= 4 is 11.3 Å². The number of rotatable bonds is 4. The summed E-state index contributed by atoms with van der Waals surface area (Å²) in [6, 6.07) is 8.68. The van der Waals surface area contributed by atoms with Crippen LogP contribution in [0.25, 0.3) is 27.8 Å². The maximum atomic E-state index is 14.5. The Hall–Kier alpha value is -3.70. The summed E-state index contributed by atoms with van der Waals surface area (Å²) in [5.74, 6) is 0.0161. The molecule has 0 spiro atoms. The zero-order valence-electron chi connectivity index (χ0n) is 19.5. The number of nitrogens with two attached hydrogens (primary N) is 1. The molecule has 188 valence electrons. The Morgan fingerprint density at radius 2 is 1.83 bits per heavy atom. The van der Waals surface area contributed by atoms with Gasteiger partial charge in [0, 0.05) is 12.1 Å². The summed E-state index contributed by atoms with van der Waals surface area (Å²) < 4.78 is 67.2. The van der Waals surface area contributed by atoms with Crippen LogP contribution >= 0.6 is 0 Å². The monoisotopic (exact) mass is 501 g/mol. The minimum Gasteiger partial charge on any atom is -0.494 e. The van der Waals surface area contributed by atoms with Crippen LogP contribution in [0.4, 0.5) is 23.4 Å². The Balaban J connectivity index is 1.66. The van der Waals surface area contributed by atoms with Crippen LogP contribution in [0.3, 0.4) is 0 Å². The van der Waals surface area contributed by atoms with Gasteiger partial charge in [0.1, 0.15) is 23.4 Å². The first-order chi connectivity index (χ1) is 17.2. The number of hydrogen-bond acceptors (Lipinski definition) is 6. The van der Waals surface area contributed by atoms with Gasteiger partial charge in [0.05, 0.1) is 37.5 Å². The van der Waals surface area contributed by atoms with Crippen molar-refractivity contribution < 1.29 is 27.0 Å². The Kier molecular flexibility index (Phi) is 6.05. The van der Waals surface area contributed by atoms with Crippen molar-refractivity contribution in [3.8, 4) is 28.0 Å². The van der Waals surface area contributed by atoms with Crippen molar-refractivity contribution in [2.75, 3.05) is 39.6 Å². The number of halogens is 4. The molecule has 0 aliphatic carbocycles. The Bertz CT molecular complexity index is 1420. The lowest BCUT2D eigenvalue weighted by Gasteiger charge is -2.32. The summed E-state index contributed by atoms with van der Waals surface area (Å²) >= 11 is 0. The molecule has 3 heterocycles. The van der Waals surface area contributed by atoms with Crippen molar-refractivity contribution in [1.82, 2.24) is 19.5 Å². The molecule has 36 heavy (non-hydrogen) atoms. The van der Waals surface area contributed by atoms with Crippen LogP contribution < -0.4 is 10.5 Å². The number of anilines is 1. The molecule has 11 heteroatoms. The smallest absolute Gasteiger partial charge is 0.416 e. The molecule has 7 nitrogen and oxygen atoms in total. The Labute approximate surface area is 204 Å². The van der Waals surface area contributed by atoms with E-state index >= 15 is 0 Å². The second-order valence-corrected chi connectivity index (χ2v) is 8.54. The first-order valence-electron chi connectivity index (χ1n) is 11.1. The largest absolute Gasteiger partial charge is 0.494 e. The van der Waals surface area contributed by atoms with E-state index in [-0.39, 0.29) is 17.4 Å². The number of hydrogen-bond donors (Lipinski definition) is 1. The fourth-order valence-electron chi connectivity index (χ4n) is 4.60. The molecule has 1 aliphatic rings. The molecule has 2 N–H and O–H groups in total. The van der Waals surface area contributed by atoms with Crippen molar-refractivity contribution in [1.29, 1.82) is 0 Å². The lowest BCUT2D eigenvalue weighted by molar-refractivity contribution is -0.137. The second-order valence-electron chi connectivity index (χ2n) is 8.54. The van der Waals surface area contributed by atoms with Gasteiger partial charge in [-0.15, -0.1) is 0 Å². The third kappa shape index (κ3) is 4.03. The Morgan fingerprint density at radius 1 is 1.11 bits per heavy atom. The summed E-state index contributed by atoms with van der Waals surface area (Å²) in [5.41, 5.74) is 8.06. The third-order valence-electron chi connectivity index (χ3n) is 6.44. The van der Waals surface area contributed by atoms with Gasteiger partial charge in [-0.25, -0.2) is 13.9 Å². The van der Waals surface area contributed by atoms with E-state index in [0.717, 1.165) is 23.9 Å². The molecule has 1 atom stereocenters. The lowest BCUT2D eigenvalue weighted by atomic mass is 9.98. The van der Waals surface area contributed by atoms with Crippen LogP contribution in [0.1, 0.15) is 17.3 Å². The maximum Gasteiger partial charge on any atom is 0.416 e. The minimum absolute atomic E-state index is 0.144. The van der Waals surface area contributed by atoms with E-state index < -0.39 is 17.6 Å². The highest BCUT2D eigenvalue weighted by atomic mass is 19.4. The van der Waals surface area contributed by atoms with E-state index in [1.807, 2.05) is 7.05 Å². The molecule has 1 saturated heterocycles. The van der Waals surface area contributed by atoms with E-state index in [0.29, 0.717) is 47.7 Å². The molecule has 2 aromatic carbocycles. The molecule has 0 amide bonds. The number of nitrogen functional groups attached to an aromatic ring is 1. The molecule has 1 aliphatic heterocycles. The van der Waals surface area contributed by atoms with Crippen molar-refractivity contribution in [2.45, 2.75) is 12.2 Å². The number of methoxy groups -OCH3 is 1. The van der Waals surface area contributed by atoms with Crippen LogP contribution in [-0.2, 0) is 10.9 Å². The van der Waals surface area contributed by atoms with Crippen LogP contribution in [0, 0.1) is 5.82 Å². The number of ether oxygens (including phenoxy) is 2. The molecule has 5 rings (SSSR count). The highest BCUT2D eigenvalue weighted by Gasteiger charge is 2.33. The summed E-state index contributed by atoms with van der Waals surface area (Å²) in [6.07, 6.45) is -3.22. The SMILES string of the molecule is COc1c(-c2ccc(-c3cc(C(F)(F)F)ccc3F)cc2)c2c(N)ncnn2c1C1COCCN1C. The van der Waals surface area contributed by atoms with Gasteiger partial charge in [0.15, 0.2) is 11.6 Å². The van der Waals surface area contributed by atoms with Crippen molar-refractivity contribution in [2.24, 2.45) is 0 Å². The fourth-order valence-corrected chi connectivity index (χ4v) is 4.60. The van der Waals surface area contributed by atoms with Crippen LogP contribution in [0.2, 0.25) is 0 Å². The first-order valence-corrected chi connectivity index (χ1v) is 11.1. The summed E-state index contributed by atoms with van der Waals surface area (Å²) in [5, 5.41) is 4.42. The number of benzene rings is 2. The zero-order chi connectivity index (χ0) is 25.6. The number of nitrogens with zero attached hydrogens (tertiary/aromatic N) is 4. The minimum atomic E-state index is -4.58.